The monoisotopic (exact) mass is 113 g/mol. The summed E-state index contributed by atoms with van der Waals surface area (Å²) in [5.41, 5.74) is 0.416. The lowest BCUT2D eigenvalue weighted by molar-refractivity contribution is 0.153. The fourth-order valence-corrected chi connectivity index (χ4v) is 1.46. The first-order valence-electron chi connectivity index (χ1n) is 3.27. The second kappa shape index (κ2) is 1.25. The molecule has 1 aliphatic carbocycles. The van der Waals surface area contributed by atoms with Gasteiger partial charge in [-0.2, -0.15) is 0 Å². The molecule has 0 radical (unpaired) electrons. The van der Waals surface area contributed by atoms with E-state index in [0.29, 0.717) is 5.54 Å². The highest BCUT2D eigenvalue weighted by Gasteiger charge is 2.47. The van der Waals surface area contributed by atoms with Gasteiger partial charge in [-0.05, 0) is 25.7 Å². The van der Waals surface area contributed by atoms with Gasteiger partial charge in [-0.1, -0.05) is 0 Å². The van der Waals surface area contributed by atoms with Crippen molar-refractivity contribution in [1.29, 1.82) is 0 Å². The molecule has 8 heavy (non-hydrogen) atoms. The van der Waals surface area contributed by atoms with Gasteiger partial charge < -0.3 is 5.11 Å². The van der Waals surface area contributed by atoms with Crippen LogP contribution in [0.2, 0.25) is 0 Å². The van der Waals surface area contributed by atoms with Gasteiger partial charge in [0, 0.05) is 5.54 Å². The molecule has 1 saturated heterocycles. The minimum atomic E-state index is -0.197. The third-order valence-corrected chi connectivity index (χ3v) is 2.22. The van der Waals surface area contributed by atoms with Crippen LogP contribution >= 0.6 is 0 Å². The minimum Gasteiger partial charge on any atom is -0.379 e. The van der Waals surface area contributed by atoms with Crippen molar-refractivity contribution >= 4 is 0 Å². The Morgan fingerprint density at radius 1 is 1.38 bits per heavy atom. The molecule has 1 aliphatic heterocycles. The van der Waals surface area contributed by atoms with Crippen molar-refractivity contribution in [3.63, 3.8) is 0 Å². The first kappa shape index (κ1) is 4.77. The molecule has 1 unspecified atom stereocenters. The average molecular weight is 113 g/mol. The van der Waals surface area contributed by atoms with Crippen molar-refractivity contribution in [3.05, 3.63) is 0 Å². The third-order valence-electron chi connectivity index (χ3n) is 2.22. The van der Waals surface area contributed by atoms with E-state index in [1.165, 1.54) is 19.3 Å². The molecule has 0 amide bonds. The second-order valence-electron chi connectivity index (χ2n) is 2.98. The number of rotatable bonds is 0. The predicted molar refractivity (Wildman–Crippen MR) is 30.3 cm³/mol. The summed E-state index contributed by atoms with van der Waals surface area (Å²) in [4.78, 5) is 0. The van der Waals surface area contributed by atoms with Gasteiger partial charge in [0.2, 0.25) is 0 Å². The number of aliphatic hydroxyl groups is 1. The van der Waals surface area contributed by atoms with Crippen LogP contribution in [0.15, 0.2) is 0 Å². The lowest BCUT2D eigenvalue weighted by atomic mass is 10.2. The molecule has 0 bridgehead atoms. The lowest BCUT2D eigenvalue weighted by Crippen LogP contribution is -2.30. The molecule has 46 valence electrons. The summed E-state index contributed by atoms with van der Waals surface area (Å²) < 4.78 is 0. The third kappa shape index (κ3) is 0.565. The van der Waals surface area contributed by atoms with E-state index in [4.69, 9.17) is 5.11 Å². The van der Waals surface area contributed by atoms with Crippen LogP contribution in [0.4, 0.5) is 0 Å². The predicted octanol–water partition coefficient (Wildman–Crippen LogP) is 0.221. The van der Waals surface area contributed by atoms with E-state index in [2.05, 4.69) is 5.32 Å². The topological polar surface area (TPSA) is 32.3 Å². The summed E-state index contributed by atoms with van der Waals surface area (Å²) in [6.45, 7) is 0. The number of nitrogens with one attached hydrogen (secondary N) is 1. The van der Waals surface area contributed by atoms with Gasteiger partial charge in [0.05, 0.1) is 0 Å². The van der Waals surface area contributed by atoms with Crippen molar-refractivity contribution in [2.45, 2.75) is 37.5 Å². The number of aliphatic hydroxyl groups excluding tert-OH is 1. The highest BCUT2D eigenvalue weighted by molar-refractivity contribution is 5.06. The van der Waals surface area contributed by atoms with Crippen molar-refractivity contribution in [3.8, 4) is 0 Å². The maximum Gasteiger partial charge on any atom is 0.105 e. The van der Waals surface area contributed by atoms with E-state index < -0.39 is 0 Å². The average Bonchev–Trinajstić information content (AvgIpc) is 2.34. The van der Waals surface area contributed by atoms with Crippen LogP contribution in [0.25, 0.3) is 0 Å². The van der Waals surface area contributed by atoms with Gasteiger partial charge in [0.15, 0.2) is 0 Å². The van der Waals surface area contributed by atoms with Crippen molar-refractivity contribution in [2.24, 2.45) is 0 Å². The van der Waals surface area contributed by atoms with Crippen LogP contribution in [-0.4, -0.2) is 16.9 Å². The van der Waals surface area contributed by atoms with Gasteiger partial charge >= 0.3 is 0 Å². The SMILES string of the molecule is OC1CCC2(CC2)N1. The molecule has 2 fully saturated rings. The van der Waals surface area contributed by atoms with E-state index in [9.17, 15) is 0 Å². The molecule has 1 heterocycles. The van der Waals surface area contributed by atoms with E-state index in [1.54, 1.807) is 0 Å². The van der Waals surface area contributed by atoms with Crippen LogP contribution in [0.1, 0.15) is 25.7 Å². The number of hydrogen-bond acceptors (Lipinski definition) is 2. The van der Waals surface area contributed by atoms with Crippen LogP contribution < -0.4 is 5.32 Å². The largest absolute Gasteiger partial charge is 0.379 e. The van der Waals surface area contributed by atoms with Crippen LogP contribution in [0.5, 0.6) is 0 Å². The zero-order valence-corrected chi connectivity index (χ0v) is 4.85. The van der Waals surface area contributed by atoms with Gasteiger partial charge in [-0.15, -0.1) is 0 Å². The first-order valence-corrected chi connectivity index (χ1v) is 3.27. The molecule has 1 saturated carbocycles. The smallest absolute Gasteiger partial charge is 0.105 e. The Bertz CT molecular complexity index is 109. The maximum absolute atomic E-state index is 8.99. The molecule has 2 heteroatoms. The summed E-state index contributed by atoms with van der Waals surface area (Å²) in [6.07, 6.45) is 4.51. The molecule has 2 rings (SSSR count). The fourth-order valence-electron chi connectivity index (χ4n) is 1.46. The molecule has 0 aromatic rings. The molecule has 1 atom stereocenters. The van der Waals surface area contributed by atoms with Crippen molar-refractivity contribution in [2.75, 3.05) is 0 Å². The minimum absolute atomic E-state index is 0.197. The molecule has 2 aliphatic rings. The molecule has 0 aromatic heterocycles. The van der Waals surface area contributed by atoms with E-state index in [-0.39, 0.29) is 6.23 Å². The molecule has 2 nitrogen and oxygen atoms in total. The van der Waals surface area contributed by atoms with Crippen LogP contribution in [-0.2, 0) is 0 Å². The Hall–Kier alpha value is -0.0800. The fraction of sp³-hybridized carbons (Fsp3) is 1.00. The highest BCUT2D eigenvalue weighted by Crippen LogP contribution is 2.43. The zero-order valence-electron chi connectivity index (χ0n) is 4.85. The molecule has 0 aromatic carbocycles. The normalized spacial score (nSPS) is 40.9. The zero-order chi connectivity index (χ0) is 5.61. The Morgan fingerprint density at radius 2 is 2.12 bits per heavy atom. The van der Waals surface area contributed by atoms with Crippen LogP contribution in [0, 0.1) is 0 Å². The molecule has 1 spiro atoms. The Balaban J connectivity index is 2.03. The van der Waals surface area contributed by atoms with Crippen molar-refractivity contribution in [1.82, 2.24) is 5.32 Å². The lowest BCUT2D eigenvalue weighted by Gasteiger charge is -2.05. The molecule has 2 N–H and O–H groups in total. The first-order chi connectivity index (χ1) is 3.81. The standard InChI is InChI=1S/C6H11NO/c8-5-1-2-6(7-5)3-4-6/h5,7-8H,1-4H2. The van der Waals surface area contributed by atoms with E-state index in [1.807, 2.05) is 0 Å². The maximum atomic E-state index is 8.99. The Morgan fingerprint density at radius 3 is 2.38 bits per heavy atom. The molecular formula is C6H11NO. The number of hydrogen-bond donors (Lipinski definition) is 2. The molecular weight excluding hydrogens is 102 g/mol. The van der Waals surface area contributed by atoms with Gasteiger partial charge in [-0.3, -0.25) is 5.32 Å². The van der Waals surface area contributed by atoms with E-state index >= 15 is 0 Å². The quantitative estimate of drug-likeness (QED) is 0.471. The summed E-state index contributed by atoms with van der Waals surface area (Å²) in [5.74, 6) is 0. The second-order valence-corrected chi connectivity index (χ2v) is 2.98. The summed E-state index contributed by atoms with van der Waals surface area (Å²) in [5, 5.41) is 12.2. The van der Waals surface area contributed by atoms with Gasteiger partial charge in [-0.25, -0.2) is 0 Å². The highest BCUT2D eigenvalue weighted by atomic mass is 16.3. The van der Waals surface area contributed by atoms with Gasteiger partial charge in [0.1, 0.15) is 6.23 Å². The summed E-state index contributed by atoms with van der Waals surface area (Å²) >= 11 is 0. The summed E-state index contributed by atoms with van der Waals surface area (Å²) in [6, 6.07) is 0. The summed E-state index contributed by atoms with van der Waals surface area (Å²) in [7, 11) is 0. The van der Waals surface area contributed by atoms with E-state index in [0.717, 1.165) is 6.42 Å². The van der Waals surface area contributed by atoms with Crippen LogP contribution in [0.3, 0.4) is 0 Å². The van der Waals surface area contributed by atoms with Gasteiger partial charge in [0.25, 0.3) is 0 Å². The van der Waals surface area contributed by atoms with Crippen molar-refractivity contribution < 1.29 is 5.11 Å². The Kier molecular flexibility index (Phi) is 0.746. The Labute approximate surface area is 48.9 Å².